The molecule has 1 unspecified atom stereocenters. The van der Waals surface area contributed by atoms with Crippen molar-refractivity contribution in [2.45, 2.75) is 32.3 Å². The summed E-state index contributed by atoms with van der Waals surface area (Å²) in [4.78, 5) is 14.1. The molecule has 1 amide bonds. The second-order valence-electron chi connectivity index (χ2n) is 4.77. The second-order valence-corrected chi connectivity index (χ2v) is 4.77. The molecule has 1 atom stereocenters. The van der Waals surface area contributed by atoms with Crippen LogP contribution in [0, 0.1) is 5.41 Å². The Morgan fingerprint density at radius 3 is 2.93 bits per heavy atom. The molecule has 2 N–H and O–H groups in total. The summed E-state index contributed by atoms with van der Waals surface area (Å²) in [5.74, 6) is 0.252. The van der Waals surface area contributed by atoms with E-state index in [1.54, 1.807) is 0 Å². The van der Waals surface area contributed by atoms with Gasteiger partial charge in [0, 0.05) is 26.2 Å². The van der Waals surface area contributed by atoms with E-state index in [0.717, 1.165) is 39.0 Å². The van der Waals surface area contributed by atoms with E-state index in [1.165, 1.54) is 0 Å². The molecule has 15 heavy (non-hydrogen) atoms. The second kappa shape index (κ2) is 4.10. The topological polar surface area (TPSA) is 55.6 Å². The first-order chi connectivity index (χ1) is 7.18. The van der Waals surface area contributed by atoms with Crippen molar-refractivity contribution in [1.29, 1.82) is 0 Å². The highest BCUT2D eigenvalue weighted by atomic mass is 16.5. The van der Waals surface area contributed by atoms with E-state index in [1.807, 2.05) is 11.8 Å². The molecule has 86 valence electrons. The van der Waals surface area contributed by atoms with Gasteiger partial charge in [-0.15, -0.1) is 0 Å². The molecule has 0 spiro atoms. The molecule has 2 fully saturated rings. The highest BCUT2D eigenvalue weighted by Gasteiger charge is 2.50. The number of hydrogen-bond acceptors (Lipinski definition) is 3. The third kappa shape index (κ3) is 2.16. The molecule has 0 aromatic rings. The molecule has 4 nitrogen and oxygen atoms in total. The summed E-state index contributed by atoms with van der Waals surface area (Å²) in [7, 11) is 0. The van der Waals surface area contributed by atoms with Crippen LogP contribution in [0.3, 0.4) is 0 Å². The zero-order valence-corrected chi connectivity index (χ0v) is 9.37. The van der Waals surface area contributed by atoms with Crippen molar-refractivity contribution in [1.82, 2.24) is 4.90 Å². The quantitative estimate of drug-likeness (QED) is 0.719. The normalized spacial score (nSPS) is 29.7. The summed E-state index contributed by atoms with van der Waals surface area (Å²) in [5, 5.41) is 0. The summed E-state index contributed by atoms with van der Waals surface area (Å²) in [5.41, 5.74) is 5.47. The first kappa shape index (κ1) is 10.9. The van der Waals surface area contributed by atoms with Gasteiger partial charge in [0.05, 0.1) is 11.5 Å². The van der Waals surface area contributed by atoms with Crippen molar-refractivity contribution >= 4 is 5.91 Å². The van der Waals surface area contributed by atoms with Gasteiger partial charge in [-0.3, -0.25) is 4.79 Å². The van der Waals surface area contributed by atoms with Crippen LogP contribution in [0.25, 0.3) is 0 Å². The van der Waals surface area contributed by atoms with Gasteiger partial charge in [0.1, 0.15) is 0 Å². The van der Waals surface area contributed by atoms with Crippen LogP contribution in [0.4, 0.5) is 0 Å². The van der Waals surface area contributed by atoms with Crippen LogP contribution in [-0.2, 0) is 9.53 Å². The lowest BCUT2D eigenvalue weighted by atomic mass is 10.1. The van der Waals surface area contributed by atoms with Crippen molar-refractivity contribution < 1.29 is 9.53 Å². The van der Waals surface area contributed by atoms with Crippen LogP contribution in [0.1, 0.15) is 26.2 Å². The highest BCUT2D eigenvalue weighted by Crippen LogP contribution is 2.46. The van der Waals surface area contributed by atoms with Crippen LogP contribution in [0.2, 0.25) is 0 Å². The van der Waals surface area contributed by atoms with Crippen LogP contribution >= 0.6 is 0 Å². The molecule has 2 rings (SSSR count). The third-order valence-corrected chi connectivity index (χ3v) is 3.44. The highest BCUT2D eigenvalue weighted by molar-refractivity contribution is 5.85. The number of ether oxygens (including phenoxy) is 1. The van der Waals surface area contributed by atoms with E-state index in [9.17, 15) is 4.79 Å². The molecule has 0 radical (unpaired) electrons. The number of carbonyl (C=O) groups is 1. The maximum Gasteiger partial charge on any atom is 0.230 e. The van der Waals surface area contributed by atoms with Crippen LogP contribution < -0.4 is 5.73 Å². The van der Waals surface area contributed by atoms with E-state index in [0.29, 0.717) is 6.54 Å². The fourth-order valence-electron chi connectivity index (χ4n) is 2.17. The van der Waals surface area contributed by atoms with Gasteiger partial charge in [-0.05, 0) is 26.2 Å². The standard InChI is InChI=1S/C11H20N2O2/c1-9-7-13(5-2-6-15-9)10(14)11(8-12)3-4-11/h9H,2-8,12H2,1H3. The zero-order chi connectivity index (χ0) is 10.9. The maximum absolute atomic E-state index is 12.2. The summed E-state index contributed by atoms with van der Waals surface area (Å²) in [6, 6.07) is 0. The number of nitrogens with two attached hydrogens (primary N) is 1. The van der Waals surface area contributed by atoms with Crippen LogP contribution in [0.15, 0.2) is 0 Å². The summed E-state index contributed by atoms with van der Waals surface area (Å²) < 4.78 is 5.52. The maximum atomic E-state index is 12.2. The molecule has 4 heteroatoms. The fourth-order valence-corrected chi connectivity index (χ4v) is 2.17. The first-order valence-electron chi connectivity index (χ1n) is 5.79. The molecule has 2 aliphatic rings. The van der Waals surface area contributed by atoms with Crippen molar-refractivity contribution in [3.8, 4) is 0 Å². The number of carbonyl (C=O) groups excluding carboxylic acids is 1. The van der Waals surface area contributed by atoms with E-state index >= 15 is 0 Å². The molecule has 1 aliphatic heterocycles. The van der Waals surface area contributed by atoms with Gasteiger partial charge in [0.15, 0.2) is 0 Å². The SMILES string of the molecule is CC1CN(C(=O)C2(CN)CC2)CCCO1. The van der Waals surface area contributed by atoms with Gasteiger partial charge in [0.2, 0.25) is 5.91 Å². The molecule has 1 saturated heterocycles. The molecular formula is C11H20N2O2. The van der Waals surface area contributed by atoms with Gasteiger partial charge in [0.25, 0.3) is 0 Å². The molecular weight excluding hydrogens is 192 g/mol. The van der Waals surface area contributed by atoms with Crippen molar-refractivity contribution in [2.24, 2.45) is 11.1 Å². The van der Waals surface area contributed by atoms with Gasteiger partial charge in [-0.2, -0.15) is 0 Å². The molecule has 0 aromatic carbocycles. The van der Waals surface area contributed by atoms with E-state index < -0.39 is 0 Å². The predicted molar refractivity (Wildman–Crippen MR) is 57.3 cm³/mol. The van der Waals surface area contributed by atoms with E-state index in [-0.39, 0.29) is 17.4 Å². The lowest BCUT2D eigenvalue weighted by molar-refractivity contribution is -0.137. The summed E-state index contributed by atoms with van der Waals surface area (Å²) >= 11 is 0. The van der Waals surface area contributed by atoms with Crippen molar-refractivity contribution in [3.63, 3.8) is 0 Å². The van der Waals surface area contributed by atoms with Crippen molar-refractivity contribution in [3.05, 3.63) is 0 Å². The monoisotopic (exact) mass is 212 g/mol. The van der Waals surface area contributed by atoms with Gasteiger partial charge in [-0.25, -0.2) is 0 Å². The lowest BCUT2D eigenvalue weighted by Gasteiger charge is -2.26. The molecule has 1 saturated carbocycles. The minimum absolute atomic E-state index is 0.157. The Morgan fingerprint density at radius 2 is 2.33 bits per heavy atom. The van der Waals surface area contributed by atoms with E-state index in [4.69, 9.17) is 10.5 Å². The molecule has 0 aromatic heterocycles. The zero-order valence-electron chi connectivity index (χ0n) is 9.37. The minimum atomic E-state index is -0.204. The Labute approximate surface area is 90.8 Å². The largest absolute Gasteiger partial charge is 0.377 e. The minimum Gasteiger partial charge on any atom is -0.377 e. The lowest BCUT2D eigenvalue weighted by Crippen LogP contribution is -2.43. The number of rotatable bonds is 2. The molecule has 1 aliphatic carbocycles. The average Bonchev–Trinajstić information content (AvgIpc) is 3.02. The number of hydrogen-bond donors (Lipinski definition) is 1. The molecule has 0 bridgehead atoms. The average molecular weight is 212 g/mol. The Morgan fingerprint density at radius 1 is 1.60 bits per heavy atom. The van der Waals surface area contributed by atoms with Crippen LogP contribution in [-0.4, -0.2) is 43.2 Å². The number of amides is 1. The number of nitrogens with zero attached hydrogens (tertiary/aromatic N) is 1. The van der Waals surface area contributed by atoms with Crippen LogP contribution in [0.5, 0.6) is 0 Å². The van der Waals surface area contributed by atoms with Gasteiger partial charge < -0.3 is 15.4 Å². The summed E-state index contributed by atoms with van der Waals surface area (Å²) in [6.07, 6.45) is 3.03. The van der Waals surface area contributed by atoms with Gasteiger partial charge in [-0.1, -0.05) is 0 Å². The Bertz CT molecular complexity index is 251. The fraction of sp³-hybridized carbons (Fsp3) is 0.909. The Balaban J connectivity index is 1.99. The Kier molecular flexibility index (Phi) is 2.98. The Hall–Kier alpha value is -0.610. The third-order valence-electron chi connectivity index (χ3n) is 3.44. The summed E-state index contributed by atoms with van der Waals surface area (Å²) in [6.45, 7) is 4.83. The van der Waals surface area contributed by atoms with E-state index in [2.05, 4.69) is 0 Å². The predicted octanol–water partition coefficient (Wildman–Crippen LogP) is 0.363. The molecule has 1 heterocycles. The van der Waals surface area contributed by atoms with Gasteiger partial charge >= 0.3 is 0 Å². The first-order valence-corrected chi connectivity index (χ1v) is 5.79. The van der Waals surface area contributed by atoms with Crippen molar-refractivity contribution in [2.75, 3.05) is 26.2 Å². The smallest absolute Gasteiger partial charge is 0.230 e.